The van der Waals surface area contributed by atoms with Gasteiger partial charge in [0.15, 0.2) is 0 Å². The summed E-state index contributed by atoms with van der Waals surface area (Å²) in [4.78, 5) is 15.1. The van der Waals surface area contributed by atoms with Crippen LogP contribution in [0.5, 0.6) is 0 Å². The number of rotatable bonds is 5. The van der Waals surface area contributed by atoms with E-state index in [0.29, 0.717) is 25.9 Å². The molecule has 0 fully saturated rings. The minimum absolute atomic E-state index is 0.0314. The maximum Gasteiger partial charge on any atom is 0.238 e. The van der Waals surface area contributed by atoms with Crippen LogP contribution in [0.15, 0.2) is 54.6 Å². The summed E-state index contributed by atoms with van der Waals surface area (Å²) in [7, 11) is 0. The van der Waals surface area contributed by atoms with Crippen LogP contribution in [0.25, 0.3) is 0 Å². The molecule has 1 unspecified atom stereocenters. The van der Waals surface area contributed by atoms with Crippen LogP contribution in [0.2, 0.25) is 0 Å². The molecule has 0 aliphatic carbocycles. The van der Waals surface area contributed by atoms with Crippen molar-refractivity contribution in [2.75, 3.05) is 6.54 Å². The van der Waals surface area contributed by atoms with Gasteiger partial charge in [-0.05, 0) is 50.3 Å². The molecule has 144 valence electrons. The molecule has 1 heterocycles. The average Bonchev–Trinajstić information content (AvgIpc) is 2.60. The molecule has 2 N–H and O–H groups in total. The molecule has 27 heavy (non-hydrogen) atoms. The normalized spacial score (nSPS) is 18.6. The summed E-state index contributed by atoms with van der Waals surface area (Å²) >= 11 is 0. The molecule has 3 rings (SSSR count). The molecule has 1 amide bonds. The zero-order valence-electron chi connectivity index (χ0n) is 16.5. The lowest BCUT2D eigenvalue weighted by Crippen LogP contribution is -2.55. The standard InChI is InChI=1S/C23H30N2O2/c1-23(2,3)24-22(27)21-14-18-11-7-8-12-19(18)15-25(21)16-20(26)13-17-9-5-4-6-10-17/h4-12,20-21,26H,13-16H2,1-3H3,(H,24,27)/t20?,21-/m0/s1. The molecule has 0 saturated heterocycles. The third-order valence-electron chi connectivity index (χ3n) is 4.91. The van der Waals surface area contributed by atoms with Crippen molar-refractivity contribution >= 4 is 5.91 Å². The fourth-order valence-electron chi connectivity index (χ4n) is 3.70. The molecule has 0 spiro atoms. The second-order valence-corrected chi connectivity index (χ2v) is 8.50. The number of carbonyl (C=O) groups is 1. The molecular weight excluding hydrogens is 336 g/mol. The van der Waals surface area contributed by atoms with Crippen LogP contribution in [0.3, 0.4) is 0 Å². The Balaban J connectivity index is 1.75. The minimum atomic E-state index is -0.511. The van der Waals surface area contributed by atoms with E-state index in [2.05, 4.69) is 22.3 Å². The maximum atomic E-state index is 12.9. The first-order valence-electron chi connectivity index (χ1n) is 9.67. The molecular formula is C23H30N2O2. The highest BCUT2D eigenvalue weighted by atomic mass is 16.3. The summed E-state index contributed by atoms with van der Waals surface area (Å²) < 4.78 is 0. The van der Waals surface area contributed by atoms with Gasteiger partial charge in [0.2, 0.25) is 5.91 Å². The van der Waals surface area contributed by atoms with Crippen molar-refractivity contribution in [1.29, 1.82) is 0 Å². The first-order chi connectivity index (χ1) is 12.8. The lowest BCUT2D eigenvalue weighted by Gasteiger charge is -2.38. The lowest BCUT2D eigenvalue weighted by atomic mass is 9.92. The zero-order valence-corrected chi connectivity index (χ0v) is 16.5. The maximum absolute atomic E-state index is 12.9. The smallest absolute Gasteiger partial charge is 0.238 e. The molecule has 1 aliphatic heterocycles. The van der Waals surface area contributed by atoms with Crippen LogP contribution in [-0.4, -0.2) is 40.1 Å². The summed E-state index contributed by atoms with van der Waals surface area (Å²) in [6, 6.07) is 18.0. The third-order valence-corrected chi connectivity index (χ3v) is 4.91. The number of nitrogens with one attached hydrogen (secondary N) is 1. The van der Waals surface area contributed by atoms with Gasteiger partial charge < -0.3 is 10.4 Å². The molecule has 2 aromatic carbocycles. The van der Waals surface area contributed by atoms with Crippen LogP contribution < -0.4 is 5.32 Å². The second kappa shape index (κ2) is 8.24. The zero-order chi connectivity index (χ0) is 19.4. The van der Waals surface area contributed by atoms with Gasteiger partial charge in [-0.25, -0.2) is 0 Å². The van der Waals surface area contributed by atoms with Gasteiger partial charge in [0.05, 0.1) is 12.1 Å². The fourth-order valence-corrected chi connectivity index (χ4v) is 3.70. The van der Waals surface area contributed by atoms with Gasteiger partial charge in [0, 0.05) is 18.6 Å². The van der Waals surface area contributed by atoms with Gasteiger partial charge in [0.1, 0.15) is 0 Å². The van der Waals surface area contributed by atoms with E-state index in [9.17, 15) is 9.90 Å². The SMILES string of the molecule is CC(C)(C)NC(=O)[C@@H]1Cc2ccccc2CN1CC(O)Cc1ccccc1. The van der Waals surface area contributed by atoms with E-state index in [1.807, 2.05) is 63.2 Å². The molecule has 0 radical (unpaired) electrons. The second-order valence-electron chi connectivity index (χ2n) is 8.50. The van der Waals surface area contributed by atoms with Crippen LogP contribution in [-0.2, 0) is 24.2 Å². The lowest BCUT2D eigenvalue weighted by molar-refractivity contribution is -0.129. The average molecular weight is 367 g/mol. The van der Waals surface area contributed by atoms with E-state index in [4.69, 9.17) is 0 Å². The van der Waals surface area contributed by atoms with Gasteiger partial charge >= 0.3 is 0 Å². The highest BCUT2D eigenvalue weighted by molar-refractivity contribution is 5.83. The first-order valence-corrected chi connectivity index (χ1v) is 9.67. The van der Waals surface area contributed by atoms with Crippen molar-refractivity contribution in [3.8, 4) is 0 Å². The molecule has 0 saturated carbocycles. The summed E-state index contributed by atoms with van der Waals surface area (Å²) in [5.41, 5.74) is 3.30. The number of fused-ring (bicyclic) bond motifs is 1. The number of benzene rings is 2. The minimum Gasteiger partial charge on any atom is -0.391 e. The van der Waals surface area contributed by atoms with Gasteiger partial charge in [-0.2, -0.15) is 0 Å². The predicted molar refractivity (Wildman–Crippen MR) is 108 cm³/mol. The van der Waals surface area contributed by atoms with Gasteiger partial charge in [0.25, 0.3) is 0 Å². The van der Waals surface area contributed by atoms with E-state index >= 15 is 0 Å². The van der Waals surface area contributed by atoms with E-state index in [1.165, 1.54) is 11.1 Å². The highest BCUT2D eigenvalue weighted by Crippen LogP contribution is 2.24. The monoisotopic (exact) mass is 366 g/mol. The number of nitrogens with zero attached hydrogens (tertiary/aromatic N) is 1. The number of aliphatic hydroxyl groups is 1. The van der Waals surface area contributed by atoms with Gasteiger partial charge in [-0.15, -0.1) is 0 Å². The number of amides is 1. The molecule has 4 nitrogen and oxygen atoms in total. The highest BCUT2D eigenvalue weighted by Gasteiger charge is 2.33. The Morgan fingerprint density at radius 3 is 2.41 bits per heavy atom. The molecule has 4 heteroatoms. The fraction of sp³-hybridized carbons (Fsp3) is 0.435. The summed E-state index contributed by atoms with van der Waals surface area (Å²) in [6.07, 6.45) is 0.755. The van der Waals surface area contributed by atoms with E-state index < -0.39 is 6.10 Å². The molecule has 0 bridgehead atoms. The van der Waals surface area contributed by atoms with Crippen LogP contribution >= 0.6 is 0 Å². The van der Waals surface area contributed by atoms with Crippen molar-refractivity contribution in [2.24, 2.45) is 0 Å². The van der Waals surface area contributed by atoms with Crippen molar-refractivity contribution in [3.05, 3.63) is 71.3 Å². The Kier molecular flexibility index (Phi) is 5.98. The van der Waals surface area contributed by atoms with Crippen molar-refractivity contribution in [3.63, 3.8) is 0 Å². The number of aliphatic hydroxyl groups excluding tert-OH is 1. The number of hydrogen-bond acceptors (Lipinski definition) is 3. The van der Waals surface area contributed by atoms with Crippen molar-refractivity contribution in [2.45, 2.75) is 57.8 Å². The van der Waals surface area contributed by atoms with Crippen LogP contribution in [0.4, 0.5) is 0 Å². The summed E-state index contributed by atoms with van der Waals surface area (Å²) in [6.45, 7) is 7.15. The number of β-amino-alcohol motifs (C(OH)–C–C–N with tert-alkyl or cyclic N) is 1. The molecule has 1 aliphatic rings. The van der Waals surface area contributed by atoms with Crippen molar-refractivity contribution in [1.82, 2.24) is 10.2 Å². The topological polar surface area (TPSA) is 52.6 Å². The third kappa shape index (κ3) is 5.41. The number of carbonyl (C=O) groups excluding carboxylic acids is 1. The number of hydrogen-bond donors (Lipinski definition) is 2. The predicted octanol–water partition coefficient (Wildman–Crippen LogP) is 2.93. The van der Waals surface area contributed by atoms with E-state index in [1.54, 1.807) is 0 Å². The summed E-state index contributed by atoms with van der Waals surface area (Å²) in [5, 5.41) is 13.8. The van der Waals surface area contributed by atoms with Crippen LogP contribution in [0.1, 0.15) is 37.5 Å². The Hall–Kier alpha value is -2.17. The molecule has 2 atom stereocenters. The quantitative estimate of drug-likeness (QED) is 0.855. The van der Waals surface area contributed by atoms with Crippen molar-refractivity contribution < 1.29 is 9.90 Å². The Morgan fingerprint density at radius 1 is 1.11 bits per heavy atom. The Bertz CT molecular complexity index is 767. The first kappa shape index (κ1) is 19.6. The van der Waals surface area contributed by atoms with Gasteiger partial charge in [-0.3, -0.25) is 9.69 Å². The summed E-state index contributed by atoms with van der Waals surface area (Å²) in [5.74, 6) is 0.0314. The van der Waals surface area contributed by atoms with E-state index in [-0.39, 0.29) is 17.5 Å². The molecule has 2 aromatic rings. The van der Waals surface area contributed by atoms with Gasteiger partial charge in [-0.1, -0.05) is 54.6 Å². The van der Waals surface area contributed by atoms with Crippen LogP contribution in [0, 0.1) is 0 Å². The molecule has 0 aromatic heterocycles. The Labute approximate surface area is 162 Å². The Morgan fingerprint density at radius 2 is 1.74 bits per heavy atom. The van der Waals surface area contributed by atoms with E-state index in [0.717, 1.165) is 5.56 Å². The largest absolute Gasteiger partial charge is 0.391 e.